The van der Waals surface area contributed by atoms with Crippen molar-refractivity contribution >= 4 is 11.8 Å². The van der Waals surface area contributed by atoms with Crippen LogP contribution in [0.15, 0.2) is 24.5 Å². The van der Waals surface area contributed by atoms with Gasteiger partial charge >= 0.3 is 0 Å². The van der Waals surface area contributed by atoms with E-state index in [1.54, 1.807) is 0 Å². The molecule has 2 aromatic rings. The van der Waals surface area contributed by atoms with Gasteiger partial charge in [-0.15, -0.1) is 0 Å². The number of pyridine rings is 1. The van der Waals surface area contributed by atoms with Crippen LogP contribution < -0.4 is 9.80 Å². The summed E-state index contributed by atoms with van der Waals surface area (Å²) in [6, 6.07) is 5.24. The molecule has 1 aliphatic carbocycles. The Morgan fingerprint density at radius 2 is 1.65 bits per heavy atom. The van der Waals surface area contributed by atoms with Gasteiger partial charge in [-0.25, -0.2) is 15.0 Å². The minimum absolute atomic E-state index is 0.791. The number of anilines is 2. The number of piperazine rings is 1. The van der Waals surface area contributed by atoms with E-state index in [0.29, 0.717) is 0 Å². The minimum atomic E-state index is 0.791. The molecular formula is C26H37N7O. The summed E-state index contributed by atoms with van der Waals surface area (Å²) in [5.41, 5.74) is 3.84. The lowest BCUT2D eigenvalue weighted by atomic mass is 9.91. The molecule has 4 aliphatic rings. The van der Waals surface area contributed by atoms with Crippen LogP contribution in [-0.4, -0.2) is 96.4 Å². The lowest BCUT2D eigenvalue weighted by molar-refractivity contribution is 0.120. The van der Waals surface area contributed by atoms with E-state index in [1.165, 1.54) is 36.1 Å². The Morgan fingerprint density at radius 1 is 0.824 bits per heavy atom. The van der Waals surface area contributed by atoms with Gasteiger partial charge in [-0.3, -0.25) is 9.80 Å². The zero-order valence-corrected chi connectivity index (χ0v) is 20.2. The number of morpholine rings is 1. The second-order valence-electron chi connectivity index (χ2n) is 10.1. The molecule has 1 saturated carbocycles. The second kappa shape index (κ2) is 10.1. The van der Waals surface area contributed by atoms with E-state index in [2.05, 4.69) is 37.9 Å². The van der Waals surface area contributed by atoms with Crippen molar-refractivity contribution < 1.29 is 4.74 Å². The molecule has 3 aliphatic heterocycles. The third-order valence-corrected chi connectivity index (χ3v) is 8.04. The molecule has 2 saturated heterocycles. The molecular weight excluding hydrogens is 426 g/mol. The molecule has 0 unspecified atom stereocenters. The van der Waals surface area contributed by atoms with Crippen LogP contribution >= 0.6 is 0 Å². The Balaban J connectivity index is 1.04. The largest absolute Gasteiger partial charge is 0.378 e. The number of hydrogen-bond acceptors (Lipinski definition) is 8. The molecule has 0 aromatic carbocycles. The van der Waals surface area contributed by atoms with Crippen molar-refractivity contribution in [2.24, 2.45) is 0 Å². The number of hydrogen-bond donors (Lipinski definition) is 0. The van der Waals surface area contributed by atoms with Gasteiger partial charge in [-0.05, 0) is 36.5 Å². The Labute approximate surface area is 202 Å². The first kappa shape index (κ1) is 22.2. The van der Waals surface area contributed by atoms with Crippen molar-refractivity contribution in [1.29, 1.82) is 0 Å². The van der Waals surface area contributed by atoms with Gasteiger partial charge in [-0.1, -0.05) is 12.5 Å². The summed E-state index contributed by atoms with van der Waals surface area (Å²) in [7, 11) is 0. The minimum Gasteiger partial charge on any atom is -0.378 e. The third kappa shape index (κ3) is 4.90. The van der Waals surface area contributed by atoms with Gasteiger partial charge in [0, 0.05) is 83.8 Å². The van der Waals surface area contributed by atoms with Crippen molar-refractivity contribution in [3.8, 4) is 0 Å². The van der Waals surface area contributed by atoms with Crippen molar-refractivity contribution in [3.05, 3.63) is 41.3 Å². The van der Waals surface area contributed by atoms with Crippen LogP contribution in [0.5, 0.6) is 0 Å². The molecule has 8 nitrogen and oxygen atoms in total. The van der Waals surface area contributed by atoms with E-state index in [0.717, 1.165) is 103 Å². The molecule has 6 rings (SSSR count). The first-order chi connectivity index (χ1) is 16.8. The molecule has 34 heavy (non-hydrogen) atoms. The third-order valence-electron chi connectivity index (χ3n) is 8.04. The highest BCUT2D eigenvalue weighted by atomic mass is 16.5. The zero-order valence-electron chi connectivity index (χ0n) is 20.2. The summed E-state index contributed by atoms with van der Waals surface area (Å²) in [5.74, 6) is 2.00. The van der Waals surface area contributed by atoms with Crippen LogP contribution in [-0.2, 0) is 24.1 Å². The monoisotopic (exact) mass is 463 g/mol. The SMILES string of the molecule is c1cc(N2CCOCC2)ncc1CN1CCc2cnc(N3CCN(C4CCC4)CC3)nc2CC1. The predicted molar refractivity (Wildman–Crippen MR) is 133 cm³/mol. The normalized spacial score (nSPS) is 22.8. The van der Waals surface area contributed by atoms with Gasteiger partial charge in [0.25, 0.3) is 0 Å². The zero-order chi connectivity index (χ0) is 22.7. The topological polar surface area (TPSA) is 60.9 Å². The fourth-order valence-corrected chi connectivity index (χ4v) is 5.61. The molecule has 0 radical (unpaired) electrons. The Hall–Kier alpha value is -2.29. The number of rotatable bonds is 5. The van der Waals surface area contributed by atoms with E-state index in [1.807, 2.05) is 6.20 Å². The average Bonchev–Trinajstić information content (AvgIpc) is 3.06. The van der Waals surface area contributed by atoms with E-state index in [-0.39, 0.29) is 0 Å². The predicted octanol–water partition coefficient (Wildman–Crippen LogP) is 1.98. The van der Waals surface area contributed by atoms with Gasteiger partial charge in [0.15, 0.2) is 0 Å². The molecule has 0 bridgehead atoms. The maximum Gasteiger partial charge on any atom is 0.225 e. The van der Waals surface area contributed by atoms with Gasteiger partial charge < -0.3 is 14.5 Å². The fraction of sp³-hybridized carbons (Fsp3) is 0.654. The van der Waals surface area contributed by atoms with Gasteiger partial charge in [0.1, 0.15) is 5.82 Å². The number of nitrogens with zero attached hydrogens (tertiary/aromatic N) is 7. The second-order valence-corrected chi connectivity index (χ2v) is 10.1. The van der Waals surface area contributed by atoms with Crippen LogP contribution in [0.25, 0.3) is 0 Å². The quantitative estimate of drug-likeness (QED) is 0.667. The number of ether oxygens (including phenoxy) is 1. The van der Waals surface area contributed by atoms with E-state index >= 15 is 0 Å². The first-order valence-corrected chi connectivity index (χ1v) is 13.2. The van der Waals surface area contributed by atoms with Crippen LogP contribution in [0.3, 0.4) is 0 Å². The van der Waals surface area contributed by atoms with Crippen molar-refractivity contribution in [2.45, 2.75) is 44.7 Å². The molecule has 3 fully saturated rings. The van der Waals surface area contributed by atoms with Gasteiger partial charge in [-0.2, -0.15) is 0 Å². The molecule has 182 valence electrons. The molecule has 0 spiro atoms. The van der Waals surface area contributed by atoms with Gasteiger partial charge in [0.05, 0.1) is 18.9 Å². The van der Waals surface area contributed by atoms with E-state index in [9.17, 15) is 0 Å². The Kier molecular flexibility index (Phi) is 6.62. The molecule has 2 aromatic heterocycles. The summed E-state index contributed by atoms with van der Waals surface area (Å²) in [4.78, 5) is 24.5. The highest BCUT2D eigenvalue weighted by molar-refractivity contribution is 5.40. The summed E-state index contributed by atoms with van der Waals surface area (Å²) in [5, 5.41) is 0. The maximum absolute atomic E-state index is 5.45. The lowest BCUT2D eigenvalue weighted by Gasteiger charge is -2.43. The van der Waals surface area contributed by atoms with E-state index < -0.39 is 0 Å². The standard InChI is InChI=1S/C26H37N7O/c1-2-23(3-1)31-10-12-33(13-11-31)26-28-19-22-6-8-30(9-7-24(22)29-26)20-21-4-5-25(27-18-21)32-14-16-34-17-15-32/h4-5,18-19,23H,1-3,6-17,20H2. The Morgan fingerprint density at radius 3 is 2.38 bits per heavy atom. The van der Waals surface area contributed by atoms with Crippen molar-refractivity contribution in [1.82, 2.24) is 24.8 Å². The molecule has 5 heterocycles. The molecule has 8 heteroatoms. The van der Waals surface area contributed by atoms with Crippen molar-refractivity contribution in [2.75, 3.05) is 75.4 Å². The van der Waals surface area contributed by atoms with E-state index in [4.69, 9.17) is 19.7 Å². The highest BCUT2D eigenvalue weighted by Gasteiger charge is 2.29. The first-order valence-electron chi connectivity index (χ1n) is 13.2. The number of aromatic nitrogens is 3. The highest BCUT2D eigenvalue weighted by Crippen LogP contribution is 2.26. The molecule has 0 N–H and O–H groups in total. The maximum atomic E-state index is 5.45. The lowest BCUT2D eigenvalue weighted by Crippen LogP contribution is -2.52. The Bertz CT molecular complexity index is 950. The summed E-state index contributed by atoms with van der Waals surface area (Å²) < 4.78 is 5.45. The van der Waals surface area contributed by atoms with Gasteiger partial charge in [0.2, 0.25) is 5.95 Å². The van der Waals surface area contributed by atoms with Crippen molar-refractivity contribution in [3.63, 3.8) is 0 Å². The fourth-order valence-electron chi connectivity index (χ4n) is 5.61. The summed E-state index contributed by atoms with van der Waals surface area (Å²) >= 11 is 0. The molecule has 0 amide bonds. The summed E-state index contributed by atoms with van der Waals surface area (Å²) in [6.07, 6.45) is 10.3. The van der Waals surface area contributed by atoms with Crippen LogP contribution in [0.4, 0.5) is 11.8 Å². The van der Waals surface area contributed by atoms with Crippen LogP contribution in [0.2, 0.25) is 0 Å². The van der Waals surface area contributed by atoms with Crippen LogP contribution in [0, 0.1) is 0 Å². The summed E-state index contributed by atoms with van der Waals surface area (Å²) in [6.45, 7) is 10.8. The average molecular weight is 464 g/mol. The van der Waals surface area contributed by atoms with Crippen LogP contribution in [0.1, 0.15) is 36.1 Å². The smallest absolute Gasteiger partial charge is 0.225 e. The number of fused-ring (bicyclic) bond motifs is 1. The molecule has 0 atom stereocenters.